The second-order valence-electron chi connectivity index (χ2n) is 11.5. The van der Waals surface area contributed by atoms with E-state index in [1.165, 1.54) is 22.3 Å². The van der Waals surface area contributed by atoms with E-state index in [1.807, 2.05) is 0 Å². The summed E-state index contributed by atoms with van der Waals surface area (Å²) in [4.78, 5) is 0. The van der Waals surface area contributed by atoms with Crippen molar-refractivity contribution in [3.63, 3.8) is 0 Å². The van der Waals surface area contributed by atoms with Gasteiger partial charge in [0.25, 0.3) is 0 Å². The third-order valence-corrected chi connectivity index (χ3v) is 6.16. The molecule has 0 aliphatic carbocycles. The first-order valence-corrected chi connectivity index (χ1v) is 12.4. The Labute approximate surface area is 210 Å². The minimum atomic E-state index is -0.0619. The van der Waals surface area contributed by atoms with E-state index >= 15 is 0 Å². The topological polar surface area (TPSA) is 20.5 Å². The molecule has 4 rings (SSSR count). The maximum Gasteiger partial charge on any atom is 0.360 e. The van der Waals surface area contributed by atoms with E-state index in [-0.39, 0.29) is 10.8 Å². The lowest BCUT2D eigenvalue weighted by molar-refractivity contribution is 0.290. The highest BCUT2D eigenvalue weighted by atomic mass is 16.5. The molecule has 3 aromatic rings. The summed E-state index contributed by atoms with van der Waals surface area (Å²) in [5.74, 6) is 2.88. The Bertz CT molecular complexity index is 1380. The summed E-state index contributed by atoms with van der Waals surface area (Å²) in [6, 6.07) is 14.9. The molecule has 35 heavy (non-hydrogen) atoms. The third-order valence-electron chi connectivity index (χ3n) is 6.16. The van der Waals surface area contributed by atoms with Gasteiger partial charge in [0.2, 0.25) is 0 Å². The molecule has 1 aromatic heterocycles. The molecule has 2 nitrogen and oxygen atoms in total. The van der Waals surface area contributed by atoms with Gasteiger partial charge in [-0.2, -0.15) is 0 Å². The Morgan fingerprint density at radius 1 is 0.771 bits per heavy atom. The van der Waals surface area contributed by atoms with Gasteiger partial charge < -0.3 is 4.74 Å². The smallest absolute Gasteiger partial charge is 0.360 e. The monoisotopic (exact) mass is 465 g/mol. The van der Waals surface area contributed by atoms with Crippen LogP contribution in [0.1, 0.15) is 69.6 Å². The number of hydrogen-bond acceptors (Lipinski definition) is 1. The maximum absolute atomic E-state index is 6.23. The van der Waals surface area contributed by atoms with Gasteiger partial charge in [-0.3, -0.25) is 0 Å². The second-order valence-corrected chi connectivity index (χ2v) is 11.5. The summed E-state index contributed by atoms with van der Waals surface area (Å²) in [6.07, 6.45) is 12.8. The molecule has 2 aromatic carbocycles. The van der Waals surface area contributed by atoms with Gasteiger partial charge in [-0.1, -0.05) is 62.8 Å². The Morgan fingerprint density at radius 3 is 2.20 bits per heavy atom. The van der Waals surface area contributed by atoms with Crippen LogP contribution in [0, 0.1) is 19.3 Å². The molecule has 2 heteroatoms. The molecule has 2 heterocycles. The van der Waals surface area contributed by atoms with Crippen LogP contribution in [0.3, 0.4) is 0 Å². The number of fused-ring (bicyclic) bond motifs is 2. The molecule has 0 radical (unpaired) electrons. The summed E-state index contributed by atoms with van der Waals surface area (Å²) in [5.41, 5.74) is 6.71. The lowest BCUT2D eigenvalue weighted by Crippen LogP contribution is -2.18. The lowest BCUT2D eigenvalue weighted by atomic mass is 9.89. The number of aryl methyl sites for hydroxylation is 2. The van der Waals surface area contributed by atoms with Gasteiger partial charge in [0.15, 0.2) is 0 Å². The molecule has 1 aliphatic rings. The van der Waals surface area contributed by atoms with E-state index in [4.69, 9.17) is 9.15 Å². The zero-order valence-corrected chi connectivity index (χ0v) is 22.3. The Kier molecular flexibility index (Phi) is 6.60. The zero-order valence-electron chi connectivity index (χ0n) is 22.3. The van der Waals surface area contributed by atoms with Gasteiger partial charge in [-0.25, -0.2) is 4.42 Å². The van der Waals surface area contributed by atoms with E-state index < -0.39 is 0 Å². The average molecular weight is 466 g/mol. The van der Waals surface area contributed by atoms with Gasteiger partial charge >= 0.3 is 11.3 Å². The minimum absolute atomic E-state index is 0.0619. The molecule has 0 atom stereocenters. The number of ether oxygens (including phenoxy) is 1. The highest BCUT2D eigenvalue weighted by Crippen LogP contribution is 2.40. The van der Waals surface area contributed by atoms with Crippen molar-refractivity contribution in [2.45, 2.75) is 60.8 Å². The molecule has 0 bridgehead atoms. The van der Waals surface area contributed by atoms with Crippen LogP contribution in [0.25, 0.3) is 22.6 Å². The minimum Gasteiger partial charge on any atom is -0.461 e. The molecule has 0 N–H and O–H groups in total. The molecule has 0 fully saturated rings. The highest BCUT2D eigenvalue weighted by molar-refractivity contribution is 5.87. The predicted octanol–water partition coefficient (Wildman–Crippen LogP) is 9.60. The average Bonchev–Trinajstić information content (AvgIpc) is 2.77. The standard InChI is InChI=1S/C33H37O2/c1-22-14-16-28-26(18-22)24(20-30(34-28)32(3,4)5)12-10-9-11-13-25-21-31(33(6,7)8)35-29-17-15-23(2)19-27(25)29/h9-21H,1-8H3/q+1. The molecular formula is C33H37O2+. The van der Waals surface area contributed by atoms with Crippen molar-refractivity contribution in [3.05, 3.63) is 107 Å². The SMILES string of the molecule is Cc1ccc2c(c1)C(=CC=CC=Cc1cc(C(C)(C)C)[o+]c3ccc(C)cc13)C=C(C(C)(C)C)O2. The Morgan fingerprint density at radius 2 is 1.49 bits per heavy atom. The molecule has 180 valence electrons. The number of rotatable bonds is 3. The lowest BCUT2D eigenvalue weighted by Gasteiger charge is -2.28. The van der Waals surface area contributed by atoms with Crippen LogP contribution in [0.2, 0.25) is 0 Å². The first-order valence-electron chi connectivity index (χ1n) is 12.4. The van der Waals surface area contributed by atoms with Gasteiger partial charge in [-0.15, -0.1) is 0 Å². The maximum atomic E-state index is 6.23. The van der Waals surface area contributed by atoms with E-state index in [9.17, 15) is 0 Å². The molecule has 0 amide bonds. The summed E-state index contributed by atoms with van der Waals surface area (Å²) in [6.45, 7) is 17.3. The van der Waals surface area contributed by atoms with Crippen LogP contribution >= 0.6 is 0 Å². The van der Waals surface area contributed by atoms with E-state index in [0.29, 0.717) is 0 Å². The normalized spacial score (nSPS) is 15.7. The van der Waals surface area contributed by atoms with Crippen molar-refractivity contribution in [3.8, 4) is 5.75 Å². The van der Waals surface area contributed by atoms with E-state index in [0.717, 1.165) is 33.8 Å². The van der Waals surface area contributed by atoms with Crippen LogP contribution in [0.15, 0.2) is 83.0 Å². The molecule has 0 saturated carbocycles. The van der Waals surface area contributed by atoms with Crippen LogP contribution in [-0.2, 0) is 5.41 Å². The second kappa shape index (κ2) is 9.34. The summed E-state index contributed by atoms with van der Waals surface area (Å²) in [7, 11) is 0. The van der Waals surface area contributed by atoms with Crippen molar-refractivity contribution >= 4 is 22.6 Å². The van der Waals surface area contributed by atoms with Gasteiger partial charge in [0, 0.05) is 28.7 Å². The van der Waals surface area contributed by atoms with Crippen LogP contribution in [-0.4, -0.2) is 0 Å². The highest BCUT2D eigenvalue weighted by Gasteiger charge is 2.28. The molecular weight excluding hydrogens is 428 g/mol. The van der Waals surface area contributed by atoms with Crippen molar-refractivity contribution in [1.29, 1.82) is 0 Å². The first kappa shape index (κ1) is 24.7. The number of hydrogen-bond donors (Lipinski definition) is 0. The third kappa shape index (κ3) is 5.65. The van der Waals surface area contributed by atoms with E-state index in [2.05, 4.69) is 134 Å². The van der Waals surface area contributed by atoms with Crippen molar-refractivity contribution in [2.24, 2.45) is 5.41 Å². The predicted molar refractivity (Wildman–Crippen MR) is 150 cm³/mol. The molecule has 0 saturated heterocycles. The molecule has 0 unspecified atom stereocenters. The van der Waals surface area contributed by atoms with E-state index in [1.54, 1.807) is 0 Å². The molecule has 1 aliphatic heterocycles. The summed E-state index contributed by atoms with van der Waals surface area (Å²) in [5, 5.41) is 1.13. The van der Waals surface area contributed by atoms with Crippen molar-refractivity contribution in [2.75, 3.05) is 0 Å². The fraction of sp³-hybridized carbons (Fsp3) is 0.303. The number of allylic oxidation sites excluding steroid dienone is 7. The van der Waals surface area contributed by atoms with Crippen LogP contribution < -0.4 is 4.74 Å². The van der Waals surface area contributed by atoms with Gasteiger partial charge in [0.05, 0.1) is 10.8 Å². The fourth-order valence-electron chi connectivity index (χ4n) is 4.05. The van der Waals surface area contributed by atoms with Crippen molar-refractivity contribution < 1.29 is 9.15 Å². The zero-order chi connectivity index (χ0) is 25.4. The van der Waals surface area contributed by atoms with Crippen LogP contribution in [0.4, 0.5) is 0 Å². The van der Waals surface area contributed by atoms with Crippen molar-refractivity contribution in [1.82, 2.24) is 0 Å². The van der Waals surface area contributed by atoms with Gasteiger partial charge in [0.1, 0.15) is 11.5 Å². The largest absolute Gasteiger partial charge is 0.461 e. The molecule has 0 spiro atoms. The van der Waals surface area contributed by atoms with Crippen LogP contribution in [0.5, 0.6) is 5.75 Å². The Balaban J connectivity index is 1.68. The first-order chi connectivity index (χ1) is 16.4. The fourth-order valence-corrected chi connectivity index (χ4v) is 4.05. The summed E-state index contributed by atoms with van der Waals surface area (Å²) < 4.78 is 12.5. The summed E-state index contributed by atoms with van der Waals surface area (Å²) >= 11 is 0. The van der Waals surface area contributed by atoms with Gasteiger partial charge in [-0.05, 0) is 76.1 Å². The quantitative estimate of drug-likeness (QED) is 0.283. The Hall–Kier alpha value is -3.39. The number of benzene rings is 2.